The molecule has 7 nitrogen and oxygen atoms in total. The van der Waals surface area contributed by atoms with Crippen LogP contribution in [0.2, 0.25) is 0 Å². The summed E-state index contributed by atoms with van der Waals surface area (Å²) in [5, 5.41) is 2.07. The number of hydrogen-bond acceptors (Lipinski definition) is 6. The van der Waals surface area contributed by atoms with E-state index in [2.05, 4.69) is 4.90 Å². The largest absolute Gasteiger partial charge is 0.493 e. The van der Waals surface area contributed by atoms with Crippen LogP contribution in [0.3, 0.4) is 0 Å². The number of Topliss-reactive ketones (excluding diaryl/α,β-unsaturated/α-hetero) is 1. The van der Waals surface area contributed by atoms with E-state index in [1.165, 1.54) is 21.3 Å². The Kier molecular flexibility index (Phi) is 7.33. The molecule has 0 spiro atoms. The summed E-state index contributed by atoms with van der Waals surface area (Å²) >= 11 is 0. The highest BCUT2D eigenvalue weighted by atomic mass is 16.5. The van der Waals surface area contributed by atoms with Gasteiger partial charge in [-0.15, -0.1) is 0 Å². The fourth-order valence-electron chi connectivity index (χ4n) is 4.42. The lowest BCUT2D eigenvalue weighted by Crippen LogP contribution is -2.49. The Hall–Kier alpha value is -3.58. The van der Waals surface area contributed by atoms with Crippen molar-refractivity contribution in [3.05, 3.63) is 65.7 Å². The Morgan fingerprint density at radius 3 is 2.12 bits per heavy atom. The van der Waals surface area contributed by atoms with Crippen molar-refractivity contribution >= 4 is 22.5 Å². The van der Waals surface area contributed by atoms with Gasteiger partial charge >= 0.3 is 0 Å². The smallest absolute Gasteiger partial charge is 0.254 e. The van der Waals surface area contributed by atoms with Crippen molar-refractivity contribution in [2.75, 3.05) is 54.1 Å². The molecule has 0 radical (unpaired) electrons. The van der Waals surface area contributed by atoms with Crippen LogP contribution >= 0.6 is 0 Å². The molecule has 34 heavy (non-hydrogen) atoms. The van der Waals surface area contributed by atoms with Gasteiger partial charge in [-0.2, -0.15) is 0 Å². The molecule has 0 bridgehead atoms. The number of carbonyl (C=O) groups is 2. The van der Waals surface area contributed by atoms with Crippen LogP contribution in [-0.2, 0) is 0 Å². The maximum atomic E-state index is 13.1. The van der Waals surface area contributed by atoms with E-state index < -0.39 is 0 Å². The van der Waals surface area contributed by atoms with Crippen LogP contribution in [0.25, 0.3) is 10.8 Å². The molecule has 0 atom stereocenters. The lowest BCUT2D eigenvalue weighted by Gasteiger charge is -2.34. The van der Waals surface area contributed by atoms with Gasteiger partial charge in [0.2, 0.25) is 5.75 Å². The van der Waals surface area contributed by atoms with Gasteiger partial charge in [-0.1, -0.05) is 42.5 Å². The summed E-state index contributed by atoms with van der Waals surface area (Å²) in [5.41, 5.74) is 1.27. The summed E-state index contributed by atoms with van der Waals surface area (Å²) in [4.78, 5) is 30.1. The molecule has 1 amide bonds. The van der Waals surface area contributed by atoms with Crippen molar-refractivity contribution in [3.8, 4) is 17.2 Å². The highest BCUT2D eigenvalue weighted by Gasteiger charge is 2.25. The number of nitrogens with zero attached hydrogens (tertiary/aromatic N) is 2. The van der Waals surface area contributed by atoms with Gasteiger partial charge in [-0.05, 0) is 22.9 Å². The minimum Gasteiger partial charge on any atom is -0.493 e. The molecular formula is C27H30N2O5. The molecule has 178 valence electrons. The number of fused-ring (bicyclic) bond motifs is 1. The number of hydrogen-bond donors (Lipinski definition) is 0. The molecule has 3 aromatic rings. The highest BCUT2D eigenvalue weighted by molar-refractivity contribution is 6.08. The number of carbonyl (C=O) groups excluding carboxylic acids is 2. The maximum Gasteiger partial charge on any atom is 0.254 e. The number of ether oxygens (including phenoxy) is 3. The van der Waals surface area contributed by atoms with Crippen LogP contribution in [0.4, 0.5) is 0 Å². The summed E-state index contributed by atoms with van der Waals surface area (Å²) in [6.07, 6.45) is 0.453. The average molecular weight is 463 g/mol. The first-order chi connectivity index (χ1) is 16.5. The molecule has 1 heterocycles. The van der Waals surface area contributed by atoms with Gasteiger partial charge in [0.05, 0.1) is 21.3 Å². The maximum absolute atomic E-state index is 13.1. The third-order valence-electron chi connectivity index (χ3n) is 6.32. The molecule has 0 unspecified atom stereocenters. The zero-order valence-corrected chi connectivity index (χ0v) is 19.9. The van der Waals surface area contributed by atoms with Crippen LogP contribution in [0.1, 0.15) is 27.1 Å². The lowest BCUT2D eigenvalue weighted by atomic mass is 10.00. The van der Waals surface area contributed by atoms with Crippen LogP contribution in [0, 0.1) is 0 Å². The second-order valence-electron chi connectivity index (χ2n) is 8.25. The van der Waals surface area contributed by atoms with Crippen LogP contribution in [-0.4, -0.2) is 75.5 Å². The highest BCUT2D eigenvalue weighted by Crippen LogP contribution is 2.38. The van der Waals surface area contributed by atoms with Crippen LogP contribution in [0.5, 0.6) is 17.2 Å². The second-order valence-corrected chi connectivity index (χ2v) is 8.25. The third-order valence-corrected chi connectivity index (χ3v) is 6.32. The van der Waals surface area contributed by atoms with Crippen molar-refractivity contribution < 1.29 is 23.8 Å². The number of ketones is 1. The van der Waals surface area contributed by atoms with E-state index in [1.54, 1.807) is 12.1 Å². The van der Waals surface area contributed by atoms with Crippen molar-refractivity contribution in [1.29, 1.82) is 0 Å². The van der Waals surface area contributed by atoms with E-state index in [1.807, 2.05) is 47.4 Å². The molecule has 0 aromatic heterocycles. The number of rotatable bonds is 8. The van der Waals surface area contributed by atoms with E-state index in [4.69, 9.17) is 14.2 Å². The van der Waals surface area contributed by atoms with E-state index in [0.29, 0.717) is 48.9 Å². The molecule has 7 heteroatoms. The average Bonchev–Trinajstić information content (AvgIpc) is 2.90. The first-order valence-corrected chi connectivity index (χ1v) is 11.4. The topological polar surface area (TPSA) is 68.3 Å². The Morgan fingerprint density at radius 2 is 1.47 bits per heavy atom. The fourth-order valence-corrected chi connectivity index (χ4v) is 4.42. The van der Waals surface area contributed by atoms with Crippen LogP contribution < -0.4 is 14.2 Å². The number of methoxy groups -OCH3 is 3. The molecule has 4 rings (SSSR count). The minimum absolute atomic E-state index is 0.0780. The van der Waals surface area contributed by atoms with Crippen LogP contribution in [0.15, 0.2) is 54.6 Å². The Labute approximate surface area is 199 Å². The van der Waals surface area contributed by atoms with E-state index >= 15 is 0 Å². The van der Waals surface area contributed by atoms with Gasteiger partial charge in [0.15, 0.2) is 17.3 Å². The first kappa shape index (κ1) is 23.6. The van der Waals surface area contributed by atoms with Crippen molar-refractivity contribution in [2.24, 2.45) is 0 Å². The predicted octanol–water partition coefficient (Wildman–Crippen LogP) is 3.90. The molecule has 1 fully saturated rings. The van der Waals surface area contributed by atoms with Gasteiger partial charge in [-0.25, -0.2) is 0 Å². The summed E-state index contributed by atoms with van der Waals surface area (Å²) in [6.45, 7) is 3.31. The van der Waals surface area contributed by atoms with Crippen molar-refractivity contribution in [1.82, 2.24) is 9.80 Å². The van der Waals surface area contributed by atoms with E-state index in [-0.39, 0.29) is 11.7 Å². The molecule has 0 saturated carbocycles. The quantitative estimate of drug-likeness (QED) is 0.473. The fraction of sp³-hybridized carbons (Fsp3) is 0.333. The van der Waals surface area contributed by atoms with Gasteiger partial charge in [0.25, 0.3) is 5.91 Å². The summed E-state index contributed by atoms with van der Waals surface area (Å²) in [7, 11) is 4.60. The standard InChI is InChI=1S/C27H30N2O5/c1-32-24-17-20(18-25(33-2)26(24)34-3)27(31)29-15-13-28(14-16-29)12-11-23(30)22-10-6-8-19-7-4-5-9-21(19)22/h4-10,17-18H,11-16H2,1-3H3. The zero-order valence-electron chi connectivity index (χ0n) is 19.9. The summed E-state index contributed by atoms with van der Waals surface area (Å²) in [5.74, 6) is 1.44. The monoisotopic (exact) mass is 462 g/mol. The van der Waals surface area contributed by atoms with Crippen molar-refractivity contribution in [3.63, 3.8) is 0 Å². The van der Waals surface area contributed by atoms with E-state index in [0.717, 1.165) is 29.4 Å². The SMILES string of the molecule is COc1cc(C(=O)N2CCN(CCC(=O)c3cccc4ccccc34)CC2)cc(OC)c1OC. The molecular weight excluding hydrogens is 432 g/mol. The zero-order chi connectivity index (χ0) is 24.1. The van der Waals surface area contributed by atoms with Gasteiger partial charge in [-0.3, -0.25) is 14.5 Å². The molecule has 0 aliphatic carbocycles. The van der Waals surface area contributed by atoms with Gasteiger partial charge < -0.3 is 19.1 Å². The van der Waals surface area contributed by atoms with Gasteiger partial charge in [0.1, 0.15) is 0 Å². The van der Waals surface area contributed by atoms with E-state index in [9.17, 15) is 9.59 Å². The molecule has 3 aromatic carbocycles. The Bertz CT molecular complexity index is 1150. The van der Waals surface area contributed by atoms with Crippen molar-refractivity contribution in [2.45, 2.75) is 6.42 Å². The normalized spacial score (nSPS) is 14.1. The Balaban J connectivity index is 1.35. The number of amides is 1. The molecule has 1 saturated heterocycles. The summed E-state index contributed by atoms with van der Waals surface area (Å²) < 4.78 is 16.1. The molecule has 1 aliphatic rings. The number of benzene rings is 3. The third kappa shape index (κ3) is 4.84. The second kappa shape index (κ2) is 10.6. The predicted molar refractivity (Wildman–Crippen MR) is 131 cm³/mol. The first-order valence-electron chi connectivity index (χ1n) is 11.4. The molecule has 1 aliphatic heterocycles. The minimum atomic E-state index is -0.0780. The summed E-state index contributed by atoms with van der Waals surface area (Å²) in [6, 6.07) is 17.2. The van der Waals surface area contributed by atoms with Gasteiger partial charge in [0, 0.05) is 50.3 Å². The Morgan fingerprint density at radius 1 is 0.824 bits per heavy atom. The lowest BCUT2D eigenvalue weighted by molar-refractivity contribution is 0.0627. The molecule has 0 N–H and O–H groups in total. The number of piperazine rings is 1.